The van der Waals surface area contributed by atoms with Gasteiger partial charge in [-0.1, -0.05) is 12.8 Å². The van der Waals surface area contributed by atoms with Gasteiger partial charge in [0.05, 0.1) is 5.69 Å². The van der Waals surface area contributed by atoms with E-state index in [9.17, 15) is 13.2 Å². The number of aromatic nitrogens is 2. The summed E-state index contributed by atoms with van der Waals surface area (Å²) in [6.45, 7) is 1.85. The van der Waals surface area contributed by atoms with E-state index in [4.69, 9.17) is 0 Å². The van der Waals surface area contributed by atoms with E-state index in [0.29, 0.717) is 19.0 Å². The minimum Gasteiger partial charge on any atom is -0.298 e. The van der Waals surface area contributed by atoms with Crippen LogP contribution in [0.2, 0.25) is 0 Å². The molecule has 0 aromatic carbocycles. The molecule has 118 valence electrons. The van der Waals surface area contributed by atoms with E-state index in [2.05, 4.69) is 10.00 Å². The highest BCUT2D eigenvalue weighted by Gasteiger charge is 2.38. The lowest BCUT2D eigenvalue weighted by Gasteiger charge is -2.39. The normalized spacial score (nSPS) is 21.9. The van der Waals surface area contributed by atoms with Crippen molar-refractivity contribution >= 4 is 0 Å². The Labute approximate surface area is 123 Å². The molecular formula is C15H22F3N3. The number of hydrogen-bond donors (Lipinski definition) is 0. The van der Waals surface area contributed by atoms with Crippen LogP contribution in [-0.2, 0) is 13.6 Å². The maximum absolute atomic E-state index is 12.3. The van der Waals surface area contributed by atoms with Crippen molar-refractivity contribution in [3.8, 4) is 0 Å². The third-order valence-electron chi connectivity index (χ3n) is 4.63. The third-order valence-corrected chi connectivity index (χ3v) is 4.63. The van der Waals surface area contributed by atoms with Gasteiger partial charge >= 0.3 is 6.18 Å². The van der Waals surface area contributed by atoms with E-state index in [-0.39, 0.29) is 5.92 Å². The molecule has 1 aromatic heterocycles. The molecule has 0 bridgehead atoms. The van der Waals surface area contributed by atoms with Gasteiger partial charge < -0.3 is 0 Å². The van der Waals surface area contributed by atoms with Crippen LogP contribution in [0.25, 0.3) is 0 Å². The average Bonchev–Trinajstić information content (AvgIpc) is 2.93. The summed E-state index contributed by atoms with van der Waals surface area (Å²) in [4.78, 5) is 2.10. The molecule has 3 nitrogen and oxygen atoms in total. The van der Waals surface area contributed by atoms with Crippen molar-refractivity contribution < 1.29 is 13.2 Å². The molecule has 1 saturated carbocycles. The van der Waals surface area contributed by atoms with Gasteiger partial charge in [-0.15, -0.1) is 0 Å². The first kappa shape index (κ1) is 14.9. The van der Waals surface area contributed by atoms with Crippen molar-refractivity contribution in [2.45, 2.75) is 50.7 Å². The topological polar surface area (TPSA) is 21.1 Å². The molecule has 1 aromatic rings. The van der Waals surface area contributed by atoms with Crippen LogP contribution in [0.4, 0.5) is 13.2 Å². The highest BCUT2D eigenvalue weighted by molar-refractivity contribution is 5.22. The van der Waals surface area contributed by atoms with E-state index in [1.165, 1.54) is 36.9 Å². The first-order valence-corrected chi connectivity index (χ1v) is 7.72. The van der Waals surface area contributed by atoms with E-state index < -0.39 is 12.6 Å². The van der Waals surface area contributed by atoms with Crippen LogP contribution in [-0.4, -0.2) is 33.9 Å². The zero-order valence-electron chi connectivity index (χ0n) is 12.4. The largest absolute Gasteiger partial charge is 0.389 e. The highest BCUT2D eigenvalue weighted by Crippen LogP contribution is 2.36. The fraction of sp³-hybridized carbons (Fsp3) is 0.800. The lowest BCUT2D eigenvalue weighted by Crippen LogP contribution is -2.47. The summed E-state index contributed by atoms with van der Waals surface area (Å²) in [5, 5.41) is 4.59. The predicted octanol–water partition coefficient (Wildman–Crippen LogP) is 3.46. The van der Waals surface area contributed by atoms with Crippen molar-refractivity contribution in [2.24, 2.45) is 13.0 Å². The summed E-state index contributed by atoms with van der Waals surface area (Å²) in [5.41, 5.74) is 2.38. The number of rotatable bonds is 4. The molecule has 6 heteroatoms. The van der Waals surface area contributed by atoms with Crippen LogP contribution in [0.3, 0.4) is 0 Å². The Hall–Kier alpha value is -1.04. The van der Waals surface area contributed by atoms with Crippen LogP contribution in [0.5, 0.6) is 0 Å². The van der Waals surface area contributed by atoms with Crippen molar-refractivity contribution in [2.75, 3.05) is 13.1 Å². The summed E-state index contributed by atoms with van der Waals surface area (Å²) < 4.78 is 38.8. The smallest absolute Gasteiger partial charge is 0.298 e. The zero-order chi connectivity index (χ0) is 15.0. The van der Waals surface area contributed by atoms with E-state index in [1.54, 1.807) is 0 Å². The molecule has 1 saturated heterocycles. The number of aryl methyl sites for hydroxylation is 1. The van der Waals surface area contributed by atoms with Gasteiger partial charge in [0.15, 0.2) is 0 Å². The Bertz CT molecular complexity index is 483. The van der Waals surface area contributed by atoms with Crippen molar-refractivity contribution in [1.29, 1.82) is 0 Å². The molecule has 0 spiro atoms. The van der Waals surface area contributed by atoms with E-state index in [1.807, 2.05) is 17.9 Å². The molecule has 2 fully saturated rings. The molecule has 1 aliphatic carbocycles. The Morgan fingerprint density at radius 2 is 1.90 bits per heavy atom. The van der Waals surface area contributed by atoms with E-state index >= 15 is 0 Å². The molecule has 2 aliphatic rings. The van der Waals surface area contributed by atoms with Gasteiger partial charge in [0.25, 0.3) is 0 Å². The predicted molar refractivity (Wildman–Crippen MR) is 73.9 cm³/mol. The second-order valence-corrected chi connectivity index (χ2v) is 6.57. The minimum absolute atomic E-state index is 0.225. The average molecular weight is 301 g/mol. The lowest BCUT2D eigenvalue weighted by atomic mass is 9.94. The Balaban J connectivity index is 1.57. The number of alkyl halides is 3. The molecule has 21 heavy (non-hydrogen) atoms. The van der Waals surface area contributed by atoms with Crippen LogP contribution in [0.15, 0.2) is 6.20 Å². The van der Waals surface area contributed by atoms with Crippen LogP contribution < -0.4 is 0 Å². The molecule has 0 N–H and O–H groups in total. The molecule has 0 atom stereocenters. The van der Waals surface area contributed by atoms with Gasteiger partial charge in [-0.2, -0.15) is 18.3 Å². The summed E-state index contributed by atoms with van der Waals surface area (Å²) in [5.74, 6) is 0.324. The highest BCUT2D eigenvalue weighted by atomic mass is 19.4. The van der Waals surface area contributed by atoms with Gasteiger partial charge in [-0.05, 0) is 18.8 Å². The number of likely N-dealkylation sites (tertiary alicyclic amines) is 1. The SMILES string of the molecule is Cn1cc(CN2CC(CC(F)(F)F)C2)c(C2CCCC2)n1. The number of hydrogen-bond acceptors (Lipinski definition) is 2. The van der Waals surface area contributed by atoms with E-state index in [0.717, 1.165) is 6.54 Å². The van der Waals surface area contributed by atoms with Crippen molar-refractivity contribution in [1.82, 2.24) is 14.7 Å². The van der Waals surface area contributed by atoms with Crippen LogP contribution >= 0.6 is 0 Å². The second kappa shape index (κ2) is 5.63. The first-order valence-electron chi connectivity index (χ1n) is 7.72. The van der Waals surface area contributed by atoms with Crippen molar-refractivity contribution in [3.63, 3.8) is 0 Å². The molecule has 2 heterocycles. The zero-order valence-corrected chi connectivity index (χ0v) is 12.4. The maximum Gasteiger partial charge on any atom is 0.389 e. The number of nitrogens with zero attached hydrogens (tertiary/aromatic N) is 3. The molecular weight excluding hydrogens is 279 g/mol. The fourth-order valence-electron chi connectivity index (χ4n) is 3.72. The van der Waals surface area contributed by atoms with Gasteiger partial charge in [0, 0.05) is 50.8 Å². The van der Waals surface area contributed by atoms with Gasteiger partial charge in [0.2, 0.25) is 0 Å². The Morgan fingerprint density at radius 1 is 1.24 bits per heavy atom. The first-order chi connectivity index (χ1) is 9.90. The van der Waals surface area contributed by atoms with Crippen molar-refractivity contribution in [3.05, 3.63) is 17.5 Å². The van der Waals surface area contributed by atoms with Crippen LogP contribution in [0, 0.1) is 5.92 Å². The summed E-state index contributed by atoms with van der Waals surface area (Å²) in [6.07, 6.45) is 2.27. The summed E-state index contributed by atoms with van der Waals surface area (Å²) >= 11 is 0. The minimum atomic E-state index is -4.03. The summed E-state index contributed by atoms with van der Waals surface area (Å²) in [7, 11) is 1.92. The standard InChI is InChI=1S/C15H22F3N3/c1-20-9-13(14(19-20)12-4-2-3-5-12)10-21-7-11(8-21)6-15(16,17)18/h9,11-12H,2-8,10H2,1H3. The molecule has 0 amide bonds. The lowest BCUT2D eigenvalue weighted by molar-refractivity contribution is -0.156. The van der Waals surface area contributed by atoms with Gasteiger partial charge in [0.1, 0.15) is 0 Å². The van der Waals surface area contributed by atoms with Gasteiger partial charge in [-0.3, -0.25) is 9.58 Å². The molecule has 0 radical (unpaired) electrons. The maximum atomic E-state index is 12.3. The molecule has 0 unspecified atom stereocenters. The third kappa shape index (κ3) is 3.59. The number of halogens is 3. The van der Waals surface area contributed by atoms with Gasteiger partial charge in [-0.25, -0.2) is 0 Å². The Kier molecular flexibility index (Phi) is 3.99. The molecule has 3 rings (SSSR count). The Morgan fingerprint density at radius 3 is 2.52 bits per heavy atom. The van der Waals surface area contributed by atoms with Crippen LogP contribution in [0.1, 0.15) is 49.3 Å². The second-order valence-electron chi connectivity index (χ2n) is 6.57. The quantitative estimate of drug-likeness (QED) is 0.849. The fourth-order valence-corrected chi connectivity index (χ4v) is 3.72. The summed E-state index contributed by atoms with van der Waals surface area (Å²) in [6, 6.07) is 0. The molecule has 1 aliphatic heterocycles. The monoisotopic (exact) mass is 301 g/mol.